The number of thiazole rings is 1. The lowest BCUT2D eigenvalue weighted by Crippen LogP contribution is -2.10. The Kier molecular flexibility index (Phi) is 3.12. The first kappa shape index (κ1) is 12.6. The smallest absolute Gasteiger partial charge is 0.248 e. The van der Waals surface area contributed by atoms with E-state index >= 15 is 0 Å². The number of hydrogen-bond acceptors (Lipinski definition) is 4. The fourth-order valence-electron chi connectivity index (χ4n) is 1.91. The van der Waals surface area contributed by atoms with Crippen LogP contribution in [0.3, 0.4) is 0 Å². The van der Waals surface area contributed by atoms with Crippen LogP contribution in [0.1, 0.15) is 15.4 Å². The minimum Gasteiger partial charge on any atom is -0.457 e. The van der Waals surface area contributed by atoms with Crippen LogP contribution in [-0.4, -0.2) is 10.9 Å². The largest absolute Gasteiger partial charge is 0.457 e. The van der Waals surface area contributed by atoms with Gasteiger partial charge in [0.2, 0.25) is 5.91 Å². The van der Waals surface area contributed by atoms with Crippen LogP contribution in [-0.2, 0) is 0 Å². The van der Waals surface area contributed by atoms with Gasteiger partial charge in [0.15, 0.2) is 0 Å². The van der Waals surface area contributed by atoms with Crippen molar-refractivity contribution in [3.05, 3.63) is 53.0 Å². The first-order chi connectivity index (χ1) is 9.61. The minimum absolute atomic E-state index is 0.448. The minimum atomic E-state index is -0.448. The summed E-state index contributed by atoms with van der Waals surface area (Å²) in [6.45, 7) is 1.98. The lowest BCUT2D eigenvalue weighted by atomic mass is 10.2. The van der Waals surface area contributed by atoms with Crippen molar-refractivity contribution in [2.24, 2.45) is 5.73 Å². The molecule has 0 radical (unpaired) electrons. The number of carbonyl (C=O) groups excluding carboxylic acids is 1. The Hall–Kier alpha value is -2.40. The van der Waals surface area contributed by atoms with Gasteiger partial charge in [0, 0.05) is 11.6 Å². The van der Waals surface area contributed by atoms with Gasteiger partial charge in [-0.1, -0.05) is 0 Å². The molecule has 0 aliphatic carbocycles. The zero-order chi connectivity index (χ0) is 14.1. The van der Waals surface area contributed by atoms with Crippen molar-refractivity contribution in [2.45, 2.75) is 6.92 Å². The SMILES string of the molecule is Cc1nc2cc(Oc3ccc(C(N)=O)cc3)ccc2s1. The number of nitrogens with zero attached hydrogens (tertiary/aromatic N) is 1. The van der Waals surface area contributed by atoms with Gasteiger partial charge >= 0.3 is 0 Å². The summed E-state index contributed by atoms with van der Waals surface area (Å²) < 4.78 is 6.88. The van der Waals surface area contributed by atoms with Crippen molar-refractivity contribution in [3.8, 4) is 11.5 Å². The fraction of sp³-hybridized carbons (Fsp3) is 0.0667. The molecule has 0 unspecified atom stereocenters. The Morgan fingerprint density at radius 1 is 1.15 bits per heavy atom. The second kappa shape index (κ2) is 4.94. The van der Waals surface area contributed by atoms with Gasteiger partial charge in [-0.05, 0) is 43.3 Å². The third-order valence-electron chi connectivity index (χ3n) is 2.84. The average molecular weight is 284 g/mol. The Labute approximate surface area is 119 Å². The van der Waals surface area contributed by atoms with Gasteiger partial charge in [0.05, 0.1) is 15.2 Å². The second-order valence-electron chi connectivity index (χ2n) is 4.35. The maximum absolute atomic E-state index is 11.0. The highest BCUT2D eigenvalue weighted by Gasteiger charge is 2.04. The third-order valence-corrected chi connectivity index (χ3v) is 3.79. The number of fused-ring (bicyclic) bond motifs is 1. The van der Waals surface area contributed by atoms with Crippen molar-refractivity contribution in [1.29, 1.82) is 0 Å². The molecule has 0 aliphatic rings. The molecule has 1 aromatic heterocycles. The number of benzene rings is 2. The lowest BCUT2D eigenvalue weighted by Gasteiger charge is -2.05. The summed E-state index contributed by atoms with van der Waals surface area (Å²) in [5, 5.41) is 1.03. The van der Waals surface area contributed by atoms with Crippen molar-refractivity contribution in [2.75, 3.05) is 0 Å². The van der Waals surface area contributed by atoms with E-state index in [0.717, 1.165) is 21.0 Å². The summed E-state index contributed by atoms with van der Waals surface area (Å²) in [7, 11) is 0. The number of ether oxygens (including phenoxy) is 1. The van der Waals surface area contributed by atoms with Crippen LogP contribution in [0, 0.1) is 6.92 Å². The summed E-state index contributed by atoms with van der Waals surface area (Å²) >= 11 is 1.65. The number of carbonyl (C=O) groups is 1. The van der Waals surface area contributed by atoms with Gasteiger partial charge in [-0.15, -0.1) is 11.3 Å². The summed E-state index contributed by atoms with van der Waals surface area (Å²) in [5.41, 5.74) is 6.58. The third kappa shape index (κ3) is 2.48. The Balaban J connectivity index is 1.86. The van der Waals surface area contributed by atoms with Crippen LogP contribution in [0.15, 0.2) is 42.5 Å². The number of rotatable bonds is 3. The van der Waals surface area contributed by atoms with E-state index in [4.69, 9.17) is 10.5 Å². The average Bonchev–Trinajstić information content (AvgIpc) is 2.78. The first-order valence-electron chi connectivity index (χ1n) is 6.07. The molecule has 0 spiro atoms. The molecule has 3 rings (SSSR count). The zero-order valence-electron chi connectivity index (χ0n) is 10.8. The quantitative estimate of drug-likeness (QED) is 0.800. The molecule has 0 bridgehead atoms. The van der Waals surface area contributed by atoms with Crippen molar-refractivity contribution >= 4 is 27.5 Å². The van der Waals surface area contributed by atoms with Crippen molar-refractivity contribution in [3.63, 3.8) is 0 Å². The summed E-state index contributed by atoms with van der Waals surface area (Å²) in [6.07, 6.45) is 0. The van der Waals surface area contributed by atoms with Gasteiger partial charge in [0.25, 0.3) is 0 Å². The molecule has 2 aromatic carbocycles. The molecule has 3 aromatic rings. The van der Waals surface area contributed by atoms with Crippen LogP contribution < -0.4 is 10.5 Å². The number of aromatic nitrogens is 1. The number of nitrogens with two attached hydrogens (primary N) is 1. The molecule has 0 saturated heterocycles. The van der Waals surface area contributed by atoms with E-state index in [1.165, 1.54) is 0 Å². The van der Waals surface area contributed by atoms with Gasteiger partial charge in [0.1, 0.15) is 11.5 Å². The molecule has 4 nitrogen and oxygen atoms in total. The summed E-state index contributed by atoms with van der Waals surface area (Å²) in [5.74, 6) is 0.923. The van der Waals surface area contributed by atoms with Crippen LogP contribution in [0.5, 0.6) is 11.5 Å². The van der Waals surface area contributed by atoms with E-state index in [9.17, 15) is 4.79 Å². The van der Waals surface area contributed by atoms with E-state index in [2.05, 4.69) is 4.98 Å². The first-order valence-corrected chi connectivity index (χ1v) is 6.88. The molecule has 20 heavy (non-hydrogen) atoms. The molecule has 2 N–H and O–H groups in total. The molecule has 0 atom stereocenters. The molecule has 1 amide bonds. The van der Waals surface area contributed by atoms with Gasteiger partial charge in [-0.3, -0.25) is 4.79 Å². The molecule has 0 aliphatic heterocycles. The van der Waals surface area contributed by atoms with Crippen LogP contribution in [0.25, 0.3) is 10.2 Å². The maximum atomic E-state index is 11.0. The van der Waals surface area contributed by atoms with E-state index in [1.807, 2.05) is 25.1 Å². The van der Waals surface area contributed by atoms with E-state index in [0.29, 0.717) is 11.3 Å². The van der Waals surface area contributed by atoms with Gasteiger partial charge in [-0.25, -0.2) is 4.98 Å². The van der Waals surface area contributed by atoms with Gasteiger partial charge in [-0.2, -0.15) is 0 Å². The Bertz CT molecular complexity index is 778. The lowest BCUT2D eigenvalue weighted by molar-refractivity contribution is 0.100. The topological polar surface area (TPSA) is 65.2 Å². The predicted molar refractivity (Wildman–Crippen MR) is 79.4 cm³/mol. The number of primary amides is 1. The summed E-state index contributed by atoms with van der Waals surface area (Å²) in [4.78, 5) is 15.4. The van der Waals surface area contributed by atoms with Crippen molar-refractivity contribution < 1.29 is 9.53 Å². The zero-order valence-corrected chi connectivity index (χ0v) is 11.6. The second-order valence-corrected chi connectivity index (χ2v) is 5.59. The standard InChI is InChI=1S/C15H12N2O2S/c1-9-17-13-8-12(6-7-14(13)20-9)19-11-4-2-10(3-5-11)15(16)18/h2-8H,1H3,(H2,16,18). The van der Waals surface area contributed by atoms with Crippen LogP contribution >= 0.6 is 11.3 Å². The highest BCUT2D eigenvalue weighted by atomic mass is 32.1. The highest BCUT2D eigenvalue weighted by molar-refractivity contribution is 7.18. The number of amides is 1. The number of hydrogen-bond donors (Lipinski definition) is 1. The van der Waals surface area contributed by atoms with E-state index in [1.54, 1.807) is 35.6 Å². The molecule has 100 valence electrons. The molecular formula is C15H12N2O2S. The van der Waals surface area contributed by atoms with Gasteiger partial charge < -0.3 is 10.5 Å². The van der Waals surface area contributed by atoms with E-state index < -0.39 is 5.91 Å². The molecule has 0 saturated carbocycles. The van der Waals surface area contributed by atoms with Crippen molar-refractivity contribution in [1.82, 2.24) is 4.98 Å². The molecule has 5 heteroatoms. The number of aryl methyl sites for hydroxylation is 1. The fourth-order valence-corrected chi connectivity index (χ4v) is 2.72. The normalized spacial score (nSPS) is 10.7. The van der Waals surface area contributed by atoms with Crippen LogP contribution in [0.4, 0.5) is 0 Å². The van der Waals surface area contributed by atoms with E-state index in [-0.39, 0.29) is 0 Å². The Morgan fingerprint density at radius 3 is 2.55 bits per heavy atom. The predicted octanol–water partition coefficient (Wildman–Crippen LogP) is 3.50. The molecule has 0 fully saturated rings. The molecule has 1 heterocycles. The Morgan fingerprint density at radius 2 is 1.85 bits per heavy atom. The maximum Gasteiger partial charge on any atom is 0.248 e. The molecular weight excluding hydrogens is 272 g/mol. The summed E-state index contributed by atoms with van der Waals surface area (Å²) in [6, 6.07) is 12.5. The monoisotopic (exact) mass is 284 g/mol. The van der Waals surface area contributed by atoms with Crippen LogP contribution in [0.2, 0.25) is 0 Å². The highest BCUT2D eigenvalue weighted by Crippen LogP contribution is 2.28.